The van der Waals surface area contributed by atoms with E-state index in [2.05, 4.69) is 9.78 Å². The maximum absolute atomic E-state index is 11.0. The fourth-order valence-corrected chi connectivity index (χ4v) is 0.738. The normalized spacial score (nSPS) is 11.5. The van der Waals surface area contributed by atoms with Crippen molar-refractivity contribution in [2.24, 2.45) is 5.92 Å². The number of para-hydroxylation sites is 1. The molecule has 1 aromatic carbocycles. The lowest BCUT2D eigenvalue weighted by Crippen LogP contribution is -2.23. The average Bonchev–Trinajstić information content (AvgIpc) is 2.26. The summed E-state index contributed by atoms with van der Waals surface area (Å²) in [6, 6.07) is 8.33. The Morgan fingerprint density at radius 1 is 1.27 bits per heavy atom. The molecule has 0 heterocycles. The molecule has 0 fully saturated rings. The summed E-state index contributed by atoms with van der Waals surface area (Å²) >= 11 is 0. The van der Waals surface area contributed by atoms with Crippen molar-refractivity contribution < 1.29 is 24.5 Å². The van der Waals surface area contributed by atoms with Crippen LogP contribution in [0.5, 0.6) is 5.75 Å². The molecule has 0 aliphatic rings. The molecule has 0 aliphatic heterocycles. The fraction of sp³-hybridized carbons (Fsp3) is 0.200. The molecule has 0 radical (unpaired) electrons. The lowest BCUT2D eigenvalue weighted by Gasteiger charge is -2.06. The molecule has 5 nitrogen and oxygen atoms in total. The van der Waals surface area contributed by atoms with Gasteiger partial charge in [-0.2, -0.15) is 0 Å². The fourth-order valence-electron chi connectivity index (χ4n) is 0.738. The van der Waals surface area contributed by atoms with E-state index in [4.69, 9.17) is 5.11 Å². The van der Waals surface area contributed by atoms with Crippen molar-refractivity contribution in [1.29, 1.82) is 0 Å². The Morgan fingerprint density at radius 2 is 1.87 bits per heavy atom. The van der Waals surface area contributed by atoms with Crippen LogP contribution in [-0.4, -0.2) is 17.0 Å². The highest BCUT2D eigenvalue weighted by atomic mass is 17.2. The number of rotatable bonds is 4. The van der Waals surface area contributed by atoms with Gasteiger partial charge in [0.25, 0.3) is 0 Å². The number of carboxylic acids is 1. The van der Waals surface area contributed by atoms with Crippen molar-refractivity contribution in [2.45, 2.75) is 6.92 Å². The van der Waals surface area contributed by atoms with Crippen LogP contribution < -0.4 is 4.89 Å². The van der Waals surface area contributed by atoms with Crippen LogP contribution in [0.2, 0.25) is 0 Å². The van der Waals surface area contributed by atoms with Gasteiger partial charge in [-0.25, -0.2) is 9.68 Å². The van der Waals surface area contributed by atoms with Gasteiger partial charge in [0, 0.05) is 0 Å². The Bertz CT molecular complexity index is 346. The van der Waals surface area contributed by atoms with Gasteiger partial charge >= 0.3 is 11.9 Å². The molecule has 0 bridgehead atoms. The topological polar surface area (TPSA) is 72.8 Å². The van der Waals surface area contributed by atoms with Crippen molar-refractivity contribution in [2.75, 3.05) is 0 Å². The molecule has 0 spiro atoms. The molecule has 0 aliphatic carbocycles. The number of benzene rings is 1. The van der Waals surface area contributed by atoms with Crippen molar-refractivity contribution in [3.8, 4) is 5.75 Å². The highest BCUT2D eigenvalue weighted by Crippen LogP contribution is 2.09. The number of carboxylic acid groups (broad SMARTS) is 1. The summed E-state index contributed by atoms with van der Waals surface area (Å²) in [5.74, 6) is -3.10. The quantitative estimate of drug-likeness (QED) is 0.460. The molecule has 1 rings (SSSR count). The van der Waals surface area contributed by atoms with Crippen molar-refractivity contribution in [3.63, 3.8) is 0 Å². The Hall–Kier alpha value is -2.04. The van der Waals surface area contributed by atoms with E-state index in [-0.39, 0.29) is 0 Å². The van der Waals surface area contributed by atoms with Crippen molar-refractivity contribution >= 4 is 11.9 Å². The van der Waals surface area contributed by atoms with Crippen LogP contribution in [0.3, 0.4) is 0 Å². The van der Waals surface area contributed by atoms with E-state index >= 15 is 0 Å². The minimum atomic E-state index is -1.25. The Balaban J connectivity index is 2.44. The van der Waals surface area contributed by atoms with E-state index in [1.165, 1.54) is 6.92 Å². The van der Waals surface area contributed by atoms with Crippen LogP contribution in [0.15, 0.2) is 30.3 Å². The highest BCUT2D eigenvalue weighted by Gasteiger charge is 2.23. The van der Waals surface area contributed by atoms with Gasteiger partial charge in [-0.05, 0) is 19.1 Å². The van der Waals surface area contributed by atoms with Gasteiger partial charge in [-0.3, -0.25) is 9.68 Å². The zero-order chi connectivity index (χ0) is 11.3. The first kappa shape index (κ1) is 11.0. The molecule has 1 atom stereocenters. The van der Waals surface area contributed by atoms with E-state index in [1.54, 1.807) is 30.3 Å². The molecule has 1 N–H and O–H groups in total. The second-order valence-electron chi connectivity index (χ2n) is 2.86. The van der Waals surface area contributed by atoms with Crippen LogP contribution in [0.4, 0.5) is 0 Å². The summed E-state index contributed by atoms with van der Waals surface area (Å²) in [5, 5.41) is 8.49. The minimum absolute atomic E-state index is 0.337. The van der Waals surface area contributed by atoms with E-state index in [0.717, 1.165) is 0 Å². The average molecular weight is 210 g/mol. The van der Waals surface area contributed by atoms with Crippen LogP contribution in [0.25, 0.3) is 0 Å². The maximum Gasteiger partial charge on any atom is 0.369 e. The van der Waals surface area contributed by atoms with Gasteiger partial charge < -0.3 is 5.11 Å². The summed E-state index contributed by atoms with van der Waals surface area (Å²) in [7, 11) is 0. The highest BCUT2D eigenvalue weighted by molar-refractivity contribution is 5.93. The predicted molar refractivity (Wildman–Crippen MR) is 50.0 cm³/mol. The summed E-state index contributed by atoms with van der Waals surface area (Å²) < 4.78 is 0. The second-order valence-corrected chi connectivity index (χ2v) is 2.86. The van der Waals surface area contributed by atoms with E-state index < -0.39 is 17.9 Å². The minimum Gasteiger partial charge on any atom is -0.481 e. The summed E-state index contributed by atoms with van der Waals surface area (Å²) in [4.78, 5) is 30.4. The first-order chi connectivity index (χ1) is 7.11. The molecule has 0 amide bonds. The van der Waals surface area contributed by atoms with Gasteiger partial charge in [0.1, 0.15) is 0 Å². The standard InChI is InChI=1S/C10H10O5/c1-7(9(11)12)10(13)15-14-8-5-3-2-4-6-8/h2-7H,1H3,(H,11,12). The van der Waals surface area contributed by atoms with Gasteiger partial charge in [-0.15, -0.1) is 0 Å². The van der Waals surface area contributed by atoms with E-state index in [0.29, 0.717) is 5.75 Å². The number of hydrogen-bond acceptors (Lipinski definition) is 4. The predicted octanol–water partition coefficient (Wildman–Crippen LogP) is 1.24. The summed E-state index contributed by atoms with van der Waals surface area (Å²) in [6.07, 6.45) is 0. The third-order valence-electron chi connectivity index (χ3n) is 1.69. The van der Waals surface area contributed by atoms with Gasteiger partial charge in [0.05, 0.1) is 0 Å². The summed E-state index contributed by atoms with van der Waals surface area (Å²) in [6.45, 7) is 1.22. The van der Waals surface area contributed by atoms with Crippen LogP contribution in [0.1, 0.15) is 6.92 Å². The van der Waals surface area contributed by atoms with Crippen LogP contribution in [0, 0.1) is 5.92 Å². The molecule has 0 saturated heterocycles. The molecular formula is C10H10O5. The zero-order valence-electron chi connectivity index (χ0n) is 8.04. The molecule has 80 valence electrons. The molecule has 15 heavy (non-hydrogen) atoms. The maximum atomic E-state index is 11.0. The second kappa shape index (κ2) is 4.99. The van der Waals surface area contributed by atoms with Crippen molar-refractivity contribution in [1.82, 2.24) is 0 Å². The zero-order valence-corrected chi connectivity index (χ0v) is 8.04. The van der Waals surface area contributed by atoms with E-state index in [9.17, 15) is 9.59 Å². The number of carbonyl (C=O) groups is 2. The van der Waals surface area contributed by atoms with Crippen molar-refractivity contribution in [3.05, 3.63) is 30.3 Å². The molecule has 5 heteroatoms. The third-order valence-corrected chi connectivity index (χ3v) is 1.69. The van der Waals surface area contributed by atoms with Gasteiger partial charge in [0.15, 0.2) is 11.7 Å². The number of aliphatic carboxylic acids is 1. The Kier molecular flexibility index (Phi) is 3.68. The largest absolute Gasteiger partial charge is 0.481 e. The summed E-state index contributed by atoms with van der Waals surface area (Å²) in [5.41, 5.74) is 0. The molecule has 0 aromatic heterocycles. The smallest absolute Gasteiger partial charge is 0.369 e. The SMILES string of the molecule is CC(C(=O)O)C(=O)OOc1ccccc1. The first-order valence-electron chi connectivity index (χ1n) is 4.27. The van der Waals surface area contributed by atoms with Gasteiger partial charge in [0.2, 0.25) is 0 Å². The van der Waals surface area contributed by atoms with Gasteiger partial charge in [-0.1, -0.05) is 18.2 Å². The lowest BCUT2D eigenvalue weighted by atomic mass is 10.2. The van der Waals surface area contributed by atoms with Crippen LogP contribution >= 0.6 is 0 Å². The molecular weight excluding hydrogens is 200 g/mol. The Morgan fingerprint density at radius 3 is 2.40 bits per heavy atom. The van der Waals surface area contributed by atoms with Crippen LogP contribution in [-0.2, 0) is 14.5 Å². The number of hydrogen-bond donors (Lipinski definition) is 1. The molecule has 0 saturated carbocycles. The molecule has 1 aromatic rings. The number of carbonyl (C=O) groups excluding carboxylic acids is 1. The first-order valence-corrected chi connectivity index (χ1v) is 4.27. The molecule has 1 unspecified atom stereocenters. The lowest BCUT2D eigenvalue weighted by molar-refractivity contribution is -0.219. The third kappa shape index (κ3) is 3.30. The van der Waals surface area contributed by atoms with E-state index in [1.807, 2.05) is 0 Å². The Labute approximate surface area is 86.2 Å². The monoisotopic (exact) mass is 210 g/mol.